The molecular formula is C14H15BrN4O. The van der Waals surface area contributed by atoms with Crippen molar-refractivity contribution in [1.29, 1.82) is 0 Å². The SMILES string of the molecule is Cc1c(NN)nc(C2CC2)nc1Oc1ccc(Br)cc1. The van der Waals surface area contributed by atoms with E-state index in [4.69, 9.17) is 10.6 Å². The summed E-state index contributed by atoms with van der Waals surface area (Å²) in [6.45, 7) is 1.89. The number of aromatic nitrogens is 2. The fourth-order valence-electron chi connectivity index (χ4n) is 1.89. The molecule has 20 heavy (non-hydrogen) atoms. The highest BCUT2D eigenvalue weighted by Gasteiger charge is 2.28. The first-order chi connectivity index (χ1) is 9.67. The van der Waals surface area contributed by atoms with Crippen molar-refractivity contribution in [3.05, 3.63) is 40.1 Å². The monoisotopic (exact) mass is 334 g/mol. The lowest BCUT2D eigenvalue weighted by molar-refractivity contribution is 0.454. The van der Waals surface area contributed by atoms with E-state index in [1.807, 2.05) is 31.2 Å². The normalized spacial score (nSPS) is 14.2. The third-order valence-corrected chi connectivity index (χ3v) is 3.75. The fourth-order valence-corrected chi connectivity index (χ4v) is 2.16. The summed E-state index contributed by atoms with van der Waals surface area (Å²) in [4.78, 5) is 8.95. The molecule has 0 radical (unpaired) electrons. The van der Waals surface area contributed by atoms with Crippen molar-refractivity contribution in [2.45, 2.75) is 25.7 Å². The number of hydrogen-bond acceptors (Lipinski definition) is 5. The minimum atomic E-state index is 0.440. The Morgan fingerprint density at radius 3 is 2.55 bits per heavy atom. The molecule has 1 aliphatic carbocycles. The Bertz CT molecular complexity index is 626. The van der Waals surface area contributed by atoms with Gasteiger partial charge in [-0.15, -0.1) is 0 Å². The first kappa shape index (κ1) is 13.3. The molecule has 5 nitrogen and oxygen atoms in total. The van der Waals surface area contributed by atoms with E-state index in [-0.39, 0.29) is 0 Å². The van der Waals surface area contributed by atoms with Crippen LogP contribution in [0.1, 0.15) is 30.1 Å². The lowest BCUT2D eigenvalue weighted by atomic mass is 10.3. The van der Waals surface area contributed by atoms with Crippen LogP contribution < -0.4 is 16.0 Å². The molecule has 0 atom stereocenters. The molecule has 6 heteroatoms. The van der Waals surface area contributed by atoms with Crippen LogP contribution in [0.2, 0.25) is 0 Å². The van der Waals surface area contributed by atoms with Crippen molar-refractivity contribution in [1.82, 2.24) is 9.97 Å². The first-order valence-electron chi connectivity index (χ1n) is 6.46. The van der Waals surface area contributed by atoms with Crippen LogP contribution in [0, 0.1) is 6.92 Å². The van der Waals surface area contributed by atoms with Gasteiger partial charge in [0.2, 0.25) is 5.88 Å². The van der Waals surface area contributed by atoms with Gasteiger partial charge in [-0.25, -0.2) is 10.8 Å². The highest BCUT2D eigenvalue weighted by atomic mass is 79.9. The number of hydrazine groups is 1. The topological polar surface area (TPSA) is 73.1 Å². The first-order valence-corrected chi connectivity index (χ1v) is 7.25. The molecule has 0 bridgehead atoms. The van der Waals surface area contributed by atoms with E-state index < -0.39 is 0 Å². The Morgan fingerprint density at radius 1 is 1.25 bits per heavy atom. The molecule has 1 heterocycles. The summed E-state index contributed by atoms with van der Waals surface area (Å²) >= 11 is 3.40. The number of ether oxygens (including phenoxy) is 1. The van der Waals surface area contributed by atoms with E-state index in [1.54, 1.807) is 0 Å². The van der Waals surface area contributed by atoms with Gasteiger partial charge in [0.05, 0.1) is 5.56 Å². The molecule has 1 aromatic heterocycles. The summed E-state index contributed by atoms with van der Waals surface area (Å²) in [5, 5.41) is 0. The Kier molecular flexibility index (Phi) is 3.58. The average molecular weight is 335 g/mol. The van der Waals surface area contributed by atoms with Gasteiger partial charge in [-0.05, 0) is 44.0 Å². The standard InChI is InChI=1S/C14H15BrN4O/c1-8-12(19-16)17-13(9-2-3-9)18-14(8)20-11-6-4-10(15)5-7-11/h4-7,9H,2-3,16H2,1H3,(H,17,18,19). The second-order valence-corrected chi connectivity index (χ2v) is 5.75. The van der Waals surface area contributed by atoms with Gasteiger partial charge < -0.3 is 10.2 Å². The lowest BCUT2D eigenvalue weighted by Crippen LogP contribution is -2.13. The highest BCUT2D eigenvalue weighted by Crippen LogP contribution is 2.40. The maximum Gasteiger partial charge on any atom is 0.227 e. The maximum absolute atomic E-state index is 5.86. The number of anilines is 1. The number of hydrogen-bond donors (Lipinski definition) is 2. The number of nitrogens with two attached hydrogens (primary N) is 1. The molecule has 1 fully saturated rings. The molecule has 0 spiro atoms. The van der Waals surface area contributed by atoms with Crippen molar-refractivity contribution in [2.24, 2.45) is 5.84 Å². The van der Waals surface area contributed by atoms with Gasteiger partial charge in [0.25, 0.3) is 0 Å². The fraction of sp³-hybridized carbons (Fsp3) is 0.286. The summed E-state index contributed by atoms with van der Waals surface area (Å²) in [6.07, 6.45) is 2.26. The van der Waals surface area contributed by atoms with E-state index in [2.05, 4.69) is 31.3 Å². The molecule has 2 aromatic rings. The molecular weight excluding hydrogens is 320 g/mol. The predicted octanol–water partition coefficient (Wildman–Crippen LogP) is 3.50. The second kappa shape index (κ2) is 5.38. The maximum atomic E-state index is 5.86. The van der Waals surface area contributed by atoms with E-state index >= 15 is 0 Å². The highest BCUT2D eigenvalue weighted by molar-refractivity contribution is 9.10. The molecule has 3 N–H and O–H groups in total. The van der Waals surface area contributed by atoms with Crippen LogP contribution in [-0.4, -0.2) is 9.97 Å². The number of halogens is 1. The van der Waals surface area contributed by atoms with Crippen LogP contribution in [-0.2, 0) is 0 Å². The predicted molar refractivity (Wildman–Crippen MR) is 80.8 cm³/mol. The van der Waals surface area contributed by atoms with Crippen LogP contribution in [0.15, 0.2) is 28.7 Å². The van der Waals surface area contributed by atoms with Crippen LogP contribution in [0.3, 0.4) is 0 Å². The van der Waals surface area contributed by atoms with Gasteiger partial charge in [-0.1, -0.05) is 15.9 Å². The number of nitrogen functional groups attached to an aromatic ring is 1. The third-order valence-electron chi connectivity index (χ3n) is 3.23. The Hall–Kier alpha value is -1.66. The Morgan fingerprint density at radius 2 is 1.95 bits per heavy atom. The molecule has 1 aliphatic rings. The molecule has 0 aliphatic heterocycles. The zero-order valence-corrected chi connectivity index (χ0v) is 12.6. The van der Waals surface area contributed by atoms with Crippen LogP contribution in [0.4, 0.5) is 5.82 Å². The van der Waals surface area contributed by atoms with Gasteiger partial charge in [-0.2, -0.15) is 4.98 Å². The molecule has 0 unspecified atom stereocenters. The minimum absolute atomic E-state index is 0.440. The molecule has 104 valence electrons. The Balaban J connectivity index is 1.94. The third kappa shape index (κ3) is 2.76. The van der Waals surface area contributed by atoms with E-state index in [1.165, 1.54) is 0 Å². The van der Waals surface area contributed by atoms with Gasteiger partial charge in [-0.3, -0.25) is 0 Å². The van der Waals surface area contributed by atoms with Crippen molar-refractivity contribution < 1.29 is 4.74 Å². The van der Waals surface area contributed by atoms with Crippen molar-refractivity contribution >= 4 is 21.7 Å². The Labute approximate surface area is 125 Å². The number of nitrogens with zero attached hydrogens (tertiary/aromatic N) is 2. The van der Waals surface area contributed by atoms with Crippen molar-refractivity contribution in [2.75, 3.05) is 5.43 Å². The quantitative estimate of drug-likeness (QED) is 0.661. The zero-order valence-electron chi connectivity index (χ0n) is 11.1. The van der Waals surface area contributed by atoms with Crippen LogP contribution in [0.25, 0.3) is 0 Å². The average Bonchev–Trinajstić information content (AvgIpc) is 3.28. The number of nitrogens with one attached hydrogen (secondary N) is 1. The largest absolute Gasteiger partial charge is 0.439 e. The summed E-state index contributed by atoms with van der Waals surface area (Å²) < 4.78 is 6.86. The smallest absolute Gasteiger partial charge is 0.227 e. The number of rotatable bonds is 4. The summed E-state index contributed by atoms with van der Waals surface area (Å²) in [7, 11) is 0. The van der Waals surface area contributed by atoms with Gasteiger partial charge in [0.15, 0.2) is 5.82 Å². The molecule has 3 rings (SSSR count). The second-order valence-electron chi connectivity index (χ2n) is 4.84. The van der Waals surface area contributed by atoms with Gasteiger partial charge in [0, 0.05) is 10.4 Å². The van der Waals surface area contributed by atoms with E-state index in [9.17, 15) is 0 Å². The van der Waals surface area contributed by atoms with Crippen LogP contribution >= 0.6 is 15.9 Å². The van der Waals surface area contributed by atoms with E-state index in [0.717, 1.165) is 34.5 Å². The summed E-state index contributed by atoms with van der Waals surface area (Å²) in [6, 6.07) is 7.63. The molecule has 1 aromatic carbocycles. The minimum Gasteiger partial charge on any atom is -0.439 e. The lowest BCUT2D eigenvalue weighted by Gasteiger charge is -2.12. The van der Waals surface area contributed by atoms with Crippen molar-refractivity contribution in [3.63, 3.8) is 0 Å². The summed E-state index contributed by atoms with van der Waals surface area (Å²) in [5.74, 6) is 8.67. The van der Waals surface area contributed by atoms with Gasteiger partial charge >= 0.3 is 0 Å². The van der Waals surface area contributed by atoms with Crippen molar-refractivity contribution in [3.8, 4) is 11.6 Å². The molecule has 0 saturated heterocycles. The molecule has 1 saturated carbocycles. The summed E-state index contributed by atoms with van der Waals surface area (Å²) in [5.41, 5.74) is 3.42. The van der Waals surface area contributed by atoms with Crippen LogP contribution in [0.5, 0.6) is 11.6 Å². The number of benzene rings is 1. The molecule has 0 amide bonds. The zero-order chi connectivity index (χ0) is 14.1. The van der Waals surface area contributed by atoms with Gasteiger partial charge in [0.1, 0.15) is 11.6 Å². The van der Waals surface area contributed by atoms with E-state index in [0.29, 0.717) is 17.6 Å².